The second-order valence-corrected chi connectivity index (χ2v) is 4.19. The van der Waals surface area contributed by atoms with Crippen LogP contribution in [-0.2, 0) is 12.8 Å². The molecule has 0 saturated carbocycles. The van der Waals surface area contributed by atoms with Gasteiger partial charge in [-0.1, -0.05) is 16.8 Å². The van der Waals surface area contributed by atoms with Gasteiger partial charge in [0.05, 0.1) is 5.69 Å². The van der Waals surface area contributed by atoms with E-state index in [1.165, 1.54) is 0 Å². The van der Waals surface area contributed by atoms with Crippen LogP contribution < -0.4 is 5.73 Å². The van der Waals surface area contributed by atoms with Crippen LogP contribution in [0.1, 0.15) is 17.0 Å². The summed E-state index contributed by atoms with van der Waals surface area (Å²) in [5, 5.41) is 4.68. The predicted octanol–water partition coefficient (Wildman–Crippen LogP) is 3.00. The molecule has 1 heterocycles. The molecule has 0 amide bonds. The van der Waals surface area contributed by atoms with Crippen LogP contribution in [0, 0.1) is 6.92 Å². The van der Waals surface area contributed by atoms with Crippen molar-refractivity contribution in [2.24, 2.45) is 0 Å². The zero-order valence-corrected chi connectivity index (χ0v) is 9.79. The number of aromatic nitrogens is 1. The van der Waals surface area contributed by atoms with E-state index >= 15 is 0 Å². The Kier molecular flexibility index (Phi) is 3.15. The second kappa shape index (κ2) is 4.58. The standard InChI is InChI=1S/C12H13ClN2O/c1-8-6-11(15-16-8)4-2-9-7-10(14)3-5-12(9)13/h3,5-7H,2,4,14H2,1H3. The molecule has 0 fully saturated rings. The molecule has 1 aromatic carbocycles. The molecule has 16 heavy (non-hydrogen) atoms. The predicted molar refractivity (Wildman–Crippen MR) is 64.5 cm³/mol. The summed E-state index contributed by atoms with van der Waals surface area (Å²) < 4.78 is 5.00. The molecule has 0 aliphatic heterocycles. The lowest BCUT2D eigenvalue weighted by Gasteiger charge is -2.03. The molecule has 2 aromatic rings. The molecule has 2 rings (SSSR count). The lowest BCUT2D eigenvalue weighted by atomic mass is 10.1. The quantitative estimate of drug-likeness (QED) is 0.834. The van der Waals surface area contributed by atoms with Crippen molar-refractivity contribution in [3.8, 4) is 0 Å². The lowest BCUT2D eigenvalue weighted by Crippen LogP contribution is -1.94. The summed E-state index contributed by atoms with van der Waals surface area (Å²) in [5.41, 5.74) is 8.42. The summed E-state index contributed by atoms with van der Waals surface area (Å²) >= 11 is 6.07. The van der Waals surface area contributed by atoms with Gasteiger partial charge < -0.3 is 10.3 Å². The Balaban J connectivity index is 2.07. The first kappa shape index (κ1) is 11.0. The summed E-state index contributed by atoms with van der Waals surface area (Å²) in [4.78, 5) is 0. The molecule has 0 bridgehead atoms. The Morgan fingerprint density at radius 2 is 2.12 bits per heavy atom. The van der Waals surface area contributed by atoms with Crippen molar-refractivity contribution in [2.75, 3.05) is 5.73 Å². The van der Waals surface area contributed by atoms with Gasteiger partial charge in [-0.3, -0.25) is 0 Å². The Morgan fingerprint density at radius 1 is 1.31 bits per heavy atom. The van der Waals surface area contributed by atoms with E-state index in [2.05, 4.69) is 5.16 Å². The van der Waals surface area contributed by atoms with Crippen LogP contribution in [0.4, 0.5) is 5.69 Å². The van der Waals surface area contributed by atoms with Crippen molar-refractivity contribution in [1.29, 1.82) is 0 Å². The van der Waals surface area contributed by atoms with Crippen molar-refractivity contribution < 1.29 is 4.52 Å². The average molecular weight is 237 g/mol. The minimum atomic E-state index is 0.732. The Hall–Kier alpha value is -1.48. The smallest absolute Gasteiger partial charge is 0.133 e. The zero-order valence-electron chi connectivity index (χ0n) is 9.03. The van der Waals surface area contributed by atoms with Crippen molar-refractivity contribution >= 4 is 17.3 Å². The Morgan fingerprint density at radius 3 is 2.81 bits per heavy atom. The van der Waals surface area contributed by atoms with E-state index < -0.39 is 0 Å². The Bertz CT molecular complexity index is 494. The molecule has 0 spiro atoms. The number of aryl methyl sites for hydroxylation is 3. The van der Waals surface area contributed by atoms with Crippen LogP contribution in [0.25, 0.3) is 0 Å². The first-order chi connectivity index (χ1) is 7.65. The fourth-order valence-electron chi connectivity index (χ4n) is 1.58. The van der Waals surface area contributed by atoms with Crippen molar-refractivity contribution in [1.82, 2.24) is 5.16 Å². The maximum absolute atomic E-state index is 6.07. The molecule has 2 N–H and O–H groups in total. The third-order valence-electron chi connectivity index (χ3n) is 2.40. The van der Waals surface area contributed by atoms with E-state index in [9.17, 15) is 0 Å². The van der Waals surface area contributed by atoms with Crippen molar-refractivity contribution in [3.05, 3.63) is 46.3 Å². The first-order valence-electron chi connectivity index (χ1n) is 5.11. The summed E-state index contributed by atoms with van der Waals surface area (Å²) in [6.45, 7) is 1.88. The molecule has 0 aliphatic rings. The van der Waals surface area contributed by atoms with Gasteiger partial charge in [0.25, 0.3) is 0 Å². The van der Waals surface area contributed by atoms with E-state index in [1.807, 2.05) is 25.1 Å². The van der Waals surface area contributed by atoms with Gasteiger partial charge in [0.15, 0.2) is 0 Å². The minimum Gasteiger partial charge on any atom is -0.399 e. The summed E-state index contributed by atoms with van der Waals surface area (Å²) in [7, 11) is 0. The lowest BCUT2D eigenvalue weighted by molar-refractivity contribution is 0.390. The number of nitrogens with two attached hydrogens (primary N) is 1. The fourth-order valence-corrected chi connectivity index (χ4v) is 1.80. The van der Waals surface area contributed by atoms with Gasteiger partial charge in [-0.25, -0.2) is 0 Å². The second-order valence-electron chi connectivity index (χ2n) is 3.78. The highest BCUT2D eigenvalue weighted by Gasteiger charge is 2.04. The van der Waals surface area contributed by atoms with Gasteiger partial charge in [0.1, 0.15) is 5.76 Å². The van der Waals surface area contributed by atoms with Crippen LogP contribution in [0.3, 0.4) is 0 Å². The molecular formula is C12H13ClN2O. The molecular weight excluding hydrogens is 224 g/mol. The normalized spacial score (nSPS) is 10.6. The van der Waals surface area contributed by atoms with E-state index in [0.717, 1.165) is 40.6 Å². The fraction of sp³-hybridized carbons (Fsp3) is 0.250. The molecule has 84 valence electrons. The molecule has 0 atom stereocenters. The number of nitrogens with zero attached hydrogens (tertiary/aromatic N) is 1. The van der Waals surface area contributed by atoms with Crippen molar-refractivity contribution in [3.63, 3.8) is 0 Å². The SMILES string of the molecule is Cc1cc(CCc2cc(N)ccc2Cl)no1. The highest BCUT2D eigenvalue weighted by atomic mass is 35.5. The molecule has 0 unspecified atom stereocenters. The molecule has 0 aliphatic carbocycles. The average Bonchev–Trinajstić information content (AvgIpc) is 2.66. The largest absolute Gasteiger partial charge is 0.399 e. The number of hydrogen-bond acceptors (Lipinski definition) is 3. The first-order valence-corrected chi connectivity index (χ1v) is 5.49. The highest BCUT2D eigenvalue weighted by Crippen LogP contribution is 2.20. The molecule has 3 nitrogen and oxygen atoms in total. The number of rotatable bonds is 3. The monoisotopic (exact) mass is 236 g/mol. The number of nitrogen functional groups attached to an aromatic ring is 1. The third kappa shape index (κ3) is 2.55. The molecule has 0 radical (unpaired) electrons. The van der Waals surface area contributed by atoms with Crippen molar-refractivity contribution in [2.45, 2.75) is 19.8 Å². The summed E-state index contributed by atoms with van der Waals surface area (Å²) in [6, 6.07) is 7.45. The number of anilines is 1. The highest BCUT2D eigenvalue weighted by molar-refractivity contribution is 6.31. The van der Waals surface area contributed by atoms with Gasteiger partial charge in [0, 0.05) is 16.8 Å². The maximum atomic E-state index is 6.07. The van der Waals surface area contributed by atoms with Crippen LogP contribution in [-0.4, -0.2) is 5.16 Å². The van der Waals surface area contributed by atoms with E-state index in [0.29, 0.717) is 0 Å². The van der Waals surface area contributed by atoms with Crippen LogP contribution in [0.2, 0.25) is 5.02 Å². The molecule has 4 heteroatoms. The number of benzene rings is 1. The van der Waals surface area contributed by atoms with Gasteiger partial charge in [-0.15, -0.1) is 0 Å². The molecule has 0 saturated heterocycles. The minimum absolute atomic E-state index is 0.732. The summed E-state index contributed by atoms with van der Waals surface area (Å²) in [5.74, 6) is 0.827. The zero-order chi connectivity index (χ0) is 11.5. The van der Waals surface area contributed by atoms with E-state index in [-0.39, 0.29) is 0 Å². The van der Waals surface area contributed by atoms with Gasteiger partial charge >= 0.3 is 0 Å². The Labute approximate surface area is 99.2 Å². The third-order valence-corrected chi connectivity index (χ3v) is 2.77. The number of halogens is 1. The summed E-state index contributed by atoms with van der Waals surface area (Å²) in [6.07, 6.45) is 1.62. The van der Waals surface area contributed by atoms with Crippen LogP contribution >= 0.6 is 11.6 Å². The van der Waals surface area contributed by atoms with Gasteiger partial charge in [-0.2, -0.15) is 0 Å². The molecule has 1 aromatic heterocycles. The van der Waals surface area contributed by atoms with Gasteiger partial charge in [-0.05, 0) is 43.5 Å². The topological polar surface area (TPSA) is 52.0 Å². The van der Waals surface area contributed by atoms with E-state index in [4.69, 9.17) is 21.9 Å². The van der Waals surface area contributed by atoms with Gasteiger partial charge in [0.2, 0.25) is 0 Å². The number of hydrogen-bond donors (Lipinski definition) is 1. The van der Waals surface area contributed by atoms with E-state index in [1.54, 1.807) is 6.07 Å². The van der Waals surface area contributed by atoms with Crippen LogP contribution in [0.5, 0.6) is 0 Å². The van der Waals surface area contributed by atoms with Crippen LogP contribution in [0.15, 0.2) is 28.8 Å². The maximum Gasteiger partial charge on any atom is 0.133 e.